The van der Waals surface area contributed by atoms with Gasteiger partial charge >= 0.3 is 6.03 Å². The standard InChI is InChI=1S/C22H27FN6O2/c1-31-18-4-2-3-17(19(18)23)28-12-13-11-25-21(26-15-7-5-14(24)6-8-15)27-20(13)29(22(28)30)16-9-10-16/h2-4,11,14-16H,5-10,12,24H2,1H3,(H,25,26,27). The Labute approximate surface area is 180 Å². The molecule has 164 valence electrons. The van der Waals surface area contributed by atoms with Gasteiger partial charge in [0.25, 0.3) is 0 Å². The number of carbonyl (C=O) groups excluding carboxylic acids is 1. The number of methoxy groups -OCH3 is 1. The third-order valence-corrected chi connectivity index (χ3v) is 6.31. The van der Waals surface area contributed by atoms with Crippen LogP contribution in [0.2, 0.25) is 0 Å². The predicted octanol–water partition coefficient (Wildman–Crippen LogP) is 3.42. The van der Waals surface area contributed by atoms with Crippen LogP contribution in [-0.4, -0.2) is 41.2 Å². The second kappa shape index (κ2) is 7.96. The highest BCUT2D eigenvalue weighted by molar-refractivity contribution is 6.06. The van der Waals surface area contributed by atoms with Crippen LogP contribution in [0.1, 0.15) is 44.1 Å². The fraction of sp³-hybridized carbons (Fsp3) is 0.500. The Balaban J connectivity index is 1.45. The van der Waals surface area contributed by atoms with E-state index in [4.69, 9.17) is 15.5 Å². The van der Waals surface area contributed by atoms with Gasteiger partial charge in [-0.15, -0.1) is 0 Å². The molecule has 2 aromatic rings. The number of ether oxygens (including phenoxy) is 1. The zero-order chi connectivity index (χ0) is 21.5. The van der Waals surface area contributed by atoms with Gasteiger partial charge in [-0.1, -0.05) is 6.07 Å². The number of nitrogens with one attached hydrogen (secondary N) is 1. The molecule has 3 N–H and O–H groups in total. The molecule has 0 unspecified atom stereocenters. The van der Waals surface area contributed by atoms with Crippen molar-refractivity contribution in [3.05, 3.63) is 35.8 Å². The number of halogens is 1. The van der Waals surface area contributed by atoms with E-state index in [0.717, 1.165) is 44.1 Å². The van der Waals surface area contributed by atoms with Gasteiger partial charge in [-0.3, -0.25) is 9.80 Å². The van der Waals surface area contributed by atoms with E-state index in [1.54, 1.807) is 29.3 Å². The Morgan fingerprint density at radius 1 is 1.19 bits per heavy atom. The summed E-state index contributed by atoms with van der Waals surface area (Å²) >= 11 is 0. The van der Waals surface area contributed by atoms with Crippen molar-refractivity contribution in [1.29, 1.82) is 0 Å². The maximum absolute atomic E-state index is 14.9. The van der Waals surface area contributed by atoms with Crippen LogP contribution in [0.15, 0.2) is 24.4 Å². The lowest BCUT2D eigenvalue weighted by molar-refractivity contribution is 0.249. The van der Waals surface area contributed by atoms with Crippen LogP contribution in [0.4, 0.5) is 26.6 Å². The van der Waals surface area contributed by atoms with Crippen LogP contribution >= 0.6 is 0 Å². The molecule has 5 rings (SSSR count). The molecular weight excluding hydrogens is 399 g/mol. The molecule has 2 aliphatic carbocycles. The smallest absolute Gasteiger partial charge is 0.330 e. The maximum Gasteiger partial charge on any atom is 0.330 e. The van der Waals surface area contributed by atoms with Crippen molar-refractivity contribution in [2.45, 2.75) is 63.2 Å². The second-order valence-electron chi connectivity index (χ2n) is 8.56. The number of hydrogen-bond donors (Lipinski definition) is 2. The number of aromatic nitrogens is 2. The molecule has 2 saturated carbocycles. The van der Waals surface area contributed by atoms with Crippen LogP contribution < -0.4 is 25.6 Å². The summed E-state index contributed by atoms with van der Waals surface area (Å²) in [6, 6.07) is 5.19. The molecular formula is C22H27FN6O2. The van der Waals surface area contributed by atoms with Gasteiger partial charge in [0, 0.05) is 29.9 Å². The minimum atomic E-state index is -0.549. The molecule has 9 heteroatoms. The van der Waals surface area contributed by atoms with E-state index < -0.39 is 5.82 Å². The molecule has 31 heavy (non-hydrogen) atoms. The Kier molecular flexibility index (Phi) is 5.13. The van der Waals surface area contributed by atoms with Gasteiger partial charge in [0.1, 0.15) is 5.82 Å². The van der Waals surface area contributed by atoms with E-state index in [-0.39, 0.29) is 42.1 Å². The molecule has 0 radical (unpaired) electrons. The summed E-state index contributed by atoms with van der Waals surface area (Å²) in [5.74, 6) is 0.708. The van der Waals surface area contributed by atoms with Crippen LogP contribution in [0.5, 0.6) is 5.75 Å². The Hall–Kier alpha value is -2.94. The topological polar surface area (TPSA) is 96.6 Å². The third-order valence-electron chi connectivity index (χ3n) is 6.31. The molecule has 0 atom stereocenters. The number of amides is 2. The van der Waals surface area contributed by atoms with Crippen molar-refractivity contribution in [2.75, 3.05) is 22.2 Å². The highest BCUT2D eigenvalue weighted by Gasteiger charge is 2.42. The van der Waals surface area contributed by atoms with E-state index in [2.05, 4.69) is 10.3 Å². The molecule has 2 fully saturated rings. The molecule has 1 aromatic carbocycles. The molecule has 0 saturated heterocycles. The summed E-state index contributed by atoms with van der Waals surface area (Å²) < 4.78 is 20.0. The van der Waals surface area contributed by atoms with Gasteiger partial charge in [0.2, 0.25) is 5.95 Å². The van der Waals surface area contributed by atoms with E-state index in [9.17, 15) is 9.18 Å². The number of benzene rings is 1. The average molecular weight is 426 g/mol. The Morgan fingerprint density at radius 3 is 2.68 bits per heavy atom. The number of nitrogens with zero attached hydrogens (tertiary/aromatic N) is 4. The first-order chi connectivity index (χ1) is 15.0. The lowest BCUT2D eigenvalue weighted by Crippen LogP contribution is -2.49. The number of rotatable bonds is 5. The van der Waals surface area contributed by atoms with Gasteiger partial charge in [0.15, 0.2) is 11.6 Å². The first kappa shape index (κ1) is 20.0. The molecule has 8 nitrogen and oxygen atoms in total. The van der Waals surface area contributed by atoms with Gasteiger partial charge in [-0.05, 0) is 50.7 Å². The van der Waals surface area contributed by atoms with Gasteiger partial charge in [-0.25, -0.2) is 14.2 Å². The van der Waals surface area contributed by atoms with Gasteiger partial charge < -0.3 is 15.8 Å². The van der Waals surface area contributed by atoms with Crippen molar-refractivity contribution >= 4 is 23.5 Å². The number of hydrogen-bond acceptors (Lipinski definition) is 6. The lowest BCUT2D eigenvalue weighted by atomic mass is 9.92. The molecule has 2 heterocycles. The Bertz CT molecular complexity index is 990. The fourth-order valence-electron chi connectivity index (χ4n) is 4.41. The number of fused-ring (bicyclic) bond motifs is 1. The molecule has 0 spiro atoms. The van der Waals surface area contributed by atoms with Crippen LogP contribution in [0.3, 0.4) is 0 Å². The van der Waals surface area contributed by atoms with Gasteiger partial charge in [-0.2, -0.15) is 4.98 Å². The number of nitrogens with two attached hydrogens (primary N) is 1. The summed E-state index contributed by atoms with van der Waals surface area (Å²) in [6.07, 6.45) is 7.49. The van der Waals surface area contributed by atoms with Crippen molar-refractivity contribution in [2.24, 2.45) is 5.73 Å². The summed E-state index contributed by atoms with van der Waals surface area (Å²) in [5.41, 5.74) is 6.99. The number of anilines is 3. The SMILES string of the molecule is COc1cccc(N2Cc3cnc(NC4CCC(N)CC4)nc3N(C3CC3)C2=O)c1F. The average Bonchev–Trinajstić information content (AvgIpc) is 3.60. The summed E-state index contributed by atoms with van der Waals surface area (Å²) in [6.45, 7) is 0.208. The first-order valence-corrected chi connectivity index (χ1v) is 10.9. The highest BCUT2D eigenvalue weighted by atomic mass is 19.1. The molecule has 1 aromatic heterocycles. The lowest BCUT2D eigenvalue weighted by Gasteiger charge is -2.36. The summed E-state index contributed by atoms with van der Waals surface area (Å²) in [7, 11) is 1.41. The van der Waals surface area contributed by atoms with Gasteiger partial charge in [0.05, 0.1) is 19.3 Å². The predicted molar refractivity (Wildman–Crippen MR) is 116 cm³/mol. The van der Waals surface area contributed by atoms with Crippen LogP contribution in [-0.2, 0) is 6.54 Å². The van der Waals surface area contributed by atoms with Crippen LogP contribution in [0.25, 0.3) is 0 Å². The zero-order valence-electron chi connectivity index (χ0n) is 17.6. The fourth-order valence-corrected chi connectivity index (χ4v) is 4.41. The minimum absolute atomic E-state index is 0.0816. The van der Waals surface area contributed by atoms with Crippen molar-refractivity contribution < 1.29 is 13.9 Å². The van der Waals surface area contributed by atoms with E-state index in [0.29, 0.717) is 11.8 Å². The van der Waals surface area contributed by atoms with E-state index in [1.807, 2.05) is 0 Å². The largest absolute Gasteiger partial charge is 0.494 e. The minimum Gasteiger partial charge on any atom is -0.494 e. The quantitative estimate of drug-likeness (QED) is 0.761. The molecule has 3 aliphatic rings. The number of carbonyl (C=O) groups is 1. The van der Waals surface area contributed by atoms with E-state index >= 15 is 0 Å². The van der Waals surface area contributed by atoms with Crippen molar-refractivity contribution in [3.63, 3.8) is 0 Å². The summed E-state index contributed by atoms with van der Waals surface area (Å²) in [4.78, 5) is 25.7. The monoisotopic (exact) mass is 426 g/mol. The van der Waals surface area contributed by atoms with Crippen LogP contribution in [0, 0.1) is 5.82 Å². The highest BCUT2D eigenvalue weighted by Crippen LogP contribution is 2.40. The van der Waals surface area contributed by atoms with Crippen molar-refractivity contribution in [1.82, 2.24) is 9.97 Å². The zero-order valence-corrected chi connectivity index (χ0v) is 17.6. The third kappa shape index (κ3) is 3.78. The molecule has 1 aliphatic heterocycles. The van der Waals surface area contributed by atoms with E-state index in [1.165, 1.54) is 12.0 Å². The summed E-state index contributed by atoms with van der Waals surface area (Å²) in [5, 5.41) is 3.41. The normalized spacial score (nSPS) is 23.5. The Morgan fingerprint density at radius 2 is 1.97 bits per heavy atom. The maximum atomic E-state index is 14.9. The molecule has 2 amide bonds. The first-order valence-electron chi connectivity index (χ1n) is 10.9. The molecule has 0 bridgehead atoms. The number of urea groups is 1. The van der Waals surface area contributed by atoms with Crippen molar-refractivity contribution in [3.8, 4) is 5.75 Å². The second-order valence-corrected chi connectivity index (χ2v) is 8.56.